The lowest BCUT2D eigenvalue weighted by Crippen LogP contribution is -2.22. The van der Waals surface area contributed by atoms with Crippen LogP contribution in [0.15, 0.2) is 48.5 Å². The molecular formula is C17H20FNO. The Kier molecular flexibility index (Phi) is 4.74. The molecule has 0 bridgehead atoms. The predicted molar refractivity (Wildman–Crippen MR) is 79.4 cm³/mol. The third-order valence-electron chi connectivity index (χ3n) is 3.46. The van der Waals surface area contributed by atoms with E-state index in [2.05, 4.69) is 12.2 Å². The molecule has 0 aliphatic heterocycles. The summed E-state index contributed by atoms with van der Waals surface area (Å²) >= 11 is 0. The van der Waals surface area contributed by atoms with Crippen molar-refractivity contribution in [1.82, 2.24) is 5.32 Å². The Bertz CT molecular complexity index is 553. The first-order valence-electron chi connectivity index (χ1n) is 6.75. The normalized spacial score (nSPS) is 13.8. The minimum Gasteiger partial charge on any atom is -0.497 e. The highest BCUT2D eigenvalue weighted by Gasteiger charge is 2.11. The number of ether oxygens (including phenoxy) is 1. The highest BCUT2D eigenvalue weighted by atomic mass is 19.1. The Balaban J connectivity index is 2.04. The summed E-state index contributed by atoms with van der Waals surface area (Å²) in [6, 6.07) is 14.9. The van der Waals surface area contributed by atoms with Gasteiger partial charge in [-0.1, -0.05) is 24.3 Å². The van der Waals surface area contributed by atoms with Gasteiger partial charge in [0.25, 0.3) is 0 Å². The molecule has 3 heteroatoms. The topological polar surface area (TPSA) is 21.3 Å². The highest BCUT2D eigenvalue weighted by molar-refractivity contribution is 5.29. The van der Waals surface area contributed by atoms with Crippen molar-refractivity contribution in [3.8, 4) is 5.75 Å². The van der Waals surface area contributed by atoms with Crippen LogP contribution in [0.5, 0.6) is 5.75 Å². The summed E-state index contributed by atoms with van der Waals surface area (Å²) in [7, 11) is 1.66. The fourth-order valence-electron chi connectivity index (χ4n) is 2.24. The minimum absolute atomic E-state index is 0.0859. The molecule has 1 N–H and O–H groups in total. The summed E-state index contributed by atoms with van der Waals surface area (Å²) in [5, 5.41) is 3.47. The van der Waals surface area contributed by atoms with Crippen LogP contribution in [-0.4, -0.2) is 7.11 Å². The molecule has 0 amide bonds. The van der Waals surface area contributed by atoms with E-state index in [1.807, 2.05) is 37.3 Å². The van der Waals surface area contributed by atoms with E-state index < -0.39 is 0 Å². The molecule has 2 nitrogen and oxygen atoms in total. The van der Waals surface area contributed by atoms with Gasteiger partial charge in [0.2, 0.25) is 0 Å². The maximum atomic E-state index is 13.2. The molecule has 0 fully saturated rings. The lowest BCUT2D eigenvalue weighted by Gasteiger charge is -2.21. The van der Waals surface area contributed by atoms with Crippen molar-refractivity contribution >= 4 is 0 Å². The molecule has 0 spiro atoms. The van der Waals surface area contributed by atoms with Crippen LogP contribution < -0.4 is 10.1 Å². The quantitative estimate of drug-likeness (QED) is 0.879. The minimum atomic E-state index is -0.201. The van der Waals surface area contributed by atoms with Crippen molar-refractivity contribution in [2.45, 2.75) is 25.9 Å². The van der Waals surface area contributed by atoms with E-state index in [-0.39, 0.29) is 17.9 Å². The molecule has 0 heterocycles. The van der Waals surface area contributed by atoms with Crippen LogP contribution in [-0.2, 0) is 0 Å². The van der Waals surface area contributed by atoms with Crippen LogP contribution >= 0.6 is 0 Å². The average molecular weight is 273 g/mol. The van der Waals surface area contributed by atoms with E-state index in [0.29, 0.717) is 0 Å². The van der Waals surface area contributed by atoms with Gasteiger partial charge in [-0.2, -0.15) is 0 Å². The van der Waals surface area contributed by atoms with Gasteiger partial charge in [0, 0.05) is 12.1 Å². The van der Waals surface area contributed by atoms with Gasteiger partial charge in [0.1, 0.15) is 11.6 Å². The van der Waals surface area contributed by atoms with Crippen LogP contribution in [0.1, 0.15) is 37.1 Å². The van der Waals surface area contributed by atoms with Gasteiger partial charge in [-0.25, -0.2) is 4.39 Å². The average Bonchev–Trinajstić information content (AvgIpc) is 2.47. The summed E-state index contributed by atoms with van der Waals surface area (Å²) in [5.74, 6) is 0.646. The molecule has 106 valence electrons. The van der Waals surface area contributed by atoms with Gasteiger partial charge in [-0.15, -0.1) is 0 Å². The number of rotatable bonds is 5. The first-order valence-corrected chi connectivity index (χ1v) is 6.75. The number of nitrogens with one attached hydrogen (secondary N) is 1. The fraction of sp³-hybridized carbons (Fsp3) is 0.294. The molecular weight excluding hydrogens is 253 g/mol. The zero-order valence-corrected chi connectivity index (χ0v) is 12.1. The SMILES string of the molecule is COc1ccc(C(C)NC(C)c2cccc(F)c2)cc1. The summed E-state index contributed by atoms with van der Waals surface area (Å²) in [6.07, 6.45) is 0. The second-order valence-corrected chi connectivity index (χ2v) is 4.94. The third kappa shape index (κ3) is 3.58. The standard InChI is InChI=1S/C17H20FNO/c1-12(14-7-9-17(20-3)10-8-14)19-13(2)15-5-4-6-16(18)11-15/h4-13,19H,1-3H3. The van der Waals surface area contributed by atoms with Crippen molar-refractivity contribution < 1.29 is 9.13 Å². The van der Waals surface area contributed by atoms with E-state index in [4.69, 9.17) is 4.74 Å². The largest absolute Gasteiger partial charge is 0.497 e. The van der Waals surface area contributed by atoms with Crippen LogP contribution in [0.3, 0.4) is 0 Å². The second kappa shape index (κ2) is 6.53. The Morgan fingerprint density at radius 1 is 0.950 bits per heavy atom. The van der Waals surface area contributed by atoms with Crippen LogP contribution in [0.2, 0.25) is 0 Å². The Morgan fingerprint density at radius 2 is 1.60 bits per heavy atom. The maximum absolute atomic E-state index is 13.2. The van der Waals surface area contributed by atoms with Gasteiger partial charge in [0.05, 0.1) is 7.11 Å². The fourth-order valence-corrected chi connectivity index (χ4v) is 2.24. The number of hydrogen-bond acceptors (Lipinski definition) is 2. The molecule has 2 aromatic carbocycles. The van der Waals surface area contributed by atoms with Crippen molar-refractivity contribution in [1.29, 1.82) is 0 Å². The summed E-state index contributed by atoms with van der Waals surface area (Å²) in [4.78, 5) is 0. The molecule has 0 radical (unpaired) electrons. The van der Waals surface area contributed by atoms with Crippen LogP contribution in [0.4, 0.5) is 4.39 Å². The lowest BCUT2D eigenvalue weighted by atomic mass is 10.0. The van der Waals surface area contributed by atoms with Crippen molar-refractivity contribution in [2.24, 2.45) is 0 Å². The molecule has 2 unspecified atom stereocenters. The van der Waals surface area contributed by atoms with E-state index >= 15 is 0 Å². The Labute approximate surface area is 119 Å². The van der Waals surface area contributed by atoms with E-state index in [1.165, 1.54) is 11.6 Å². The van der Waals surface area contributed by atoms with Gasteiger partial charge in [0.15, 0.2) is 0 Å². The highest BCUT2D eigenvalue weighted by Crippen LogP contribution is 2.21. The molecule has 0 aromatic heterocycles. The molecule has 0 aliphatic carbocycles. The maximum Gasteiger partial charge on any atom is 0.123 e. The number of methoxy groups -OCH3 is 1. The molecule has 20 heavy (non-hydrogen) atoms. The molecule has 2 atom stereocenters. The van der Waals surface area contributed by atoms with Crippen molar-refractivity contribution in [2.75, 3.05) is 7.11 Å². The zero-order valence-electron chi connectivity index (χ0n) is 12.1. The molecule has 0 saturated carbocycles. The first kappa shape index (κ1) is 14.5. The molecule has 2 rings (SSSR count). The molecule has 2 aromatic rings. The van der Waals surface area contributed by atoms with Crippen molar-refractivity contribution in [3.63, 3.8) is 0 Å². The Hall–Kier alpha value is -1.87. The first-order chi connectivity index (χ1) is 9.60. The second-order valence-electron chi connectivity index (χ2n) is 4.94. The zero-order chi connectivity index (χ0) is 14.5. The molecule has 0 aliphatic rings. The summed E-state index contributed by atoms with van der Waals surface area (Å²) < 4.78 is 18.4. The van der Waals surface area contributed by atoms with Gasteiger partial charge >= 0.3 is 0 Å². The number of halogens is 1. The third-order valence-corrected chi connectivity index (χ3v) is 3.46. The number of hydrogen-bond donors (Lipinski definition) is 1. The molecule has 0 saturated heterocycles. The van der Waals surface area contributed by atoms with Gasteiger partial charge < -0.3 is 10.1 Å². The van der Waals surface area contributed by atoms with E-state index in [1.54, 1.807) is 19.2 Å². The smallest absolute Gasteiger partial charge is 0.123 e. The van der Waals surface area contributed by atoms with Crippen LogP contribution in [0, 0.1) is 5.82 Å². The predicted octanol–water partition coefficient (Wildman–Crippen LogP) is 4.25. The van der Waals surface area contributed by atoms with Gasteiger partial charge in [-0.05, 0) is 49.2 Å². The van der Waals surface area contributed by atoms with Crippen molar-refractivity contribution in [3.05, 3.63) is 65.5 Å². The van der Waals surface area contributed by atoms with Gasteiger partial charge in [-0.3, -0.25) is 0 Å². The monoisotopic (exact) mass is 273 g/mol. The summed E-state index contributed by atoms with van der Waals surface area (Å²) in [6.45, 7) is 4.13. The van der Waals surface area contributed by atoms with E-state index in [9.17, 15) is 4.39 Å². The summed E-state index contributed by atoms with van der Waals surface area (Å²) in [5.41, 5.74) is 2.12. The Morgan fingerprint density at radius 3 is 2.20 bits per heavy atom. The van der Waals surface area contributed by atoms with Crippen LogP contribution in [0.25, 0.3) is 0 Å². The van der Waals surface area contributed by atoms with E-state index in [0.717, 1.165) is 11.3 Å². The number of benzene rings is 2. The lowest BCUT2D eigenvalue weighted by molar-refractivity contribution is 0.414.